The summed E-state index contributed by atoms with van der Waals surface area (Å²) in [4.78, 5) is 14.4. The summed E-state index contributed by atoms with van der Waals surface area (Å²) in [5.74, 6) is 0.185. The summed E-state index contributed by atoms with van der Waals surface area (Å²) in [7, 11) is 0. The molecule has 0 bridgehead atoms. The zero-order valence-electron chi connectivity index (χ0n) is 17.2. The van der Waals surface area contributed by atoms with Crippen molar-refractivity contribution in [3.05, 3.63) is 93.7 Å². The third-order valence-electron chi connectivity index (χ3n) is 6.79. The Morgan fingerprint density at radius 2 is 1.83 bits per heavy atom. The normalized spacial score (nSPS) is 26.8. The Balaban J connectivity index is 1.64. The standard InChI is InChI=1S/C26H24N2O2/c1-15-25-20-9-5-3-7-17(20)11-22(25)26-21(19-13-24(29)27-14-19)12-18-8-4-6-10-23(18)28(26)16(2)30-15/h3-11,13,15-16,25H,12,14H2,1-2H3,(H,27,29)/t15-,16?,25?/m0/s1. The van der Waals surface area contributed by atoms with Crippen LogP contribution in [0.3, 0.4) is 0 Å². The molecule has 0 radical (unpaired) electrons. The fourth-order valence-electron chi connectivity index (χ4n) is 5.55. The van der Waals surface area contributed by atoms with E-state index in [2.05, 4.69) is 78.7 Å². The molecule has 1 N–H and O–H groups in total. The minimum atomic E-state index is -0.101. The van der Waals surface area contributed by atoms with Crippen LogP contribution in [-0.4, -0.2) is 24.8 Å². The molecule has 2 aromatic rings. The number of nitrogens with one attached hydrogen (secondary N) is 1. The quantitative estimate of drug-likeness (QED) is 0.781. The van der Waals surface area contributed by atoms with E-state index in [-0.39, 0.29) is 24.2 Å². The molecule has 4 heteroatoms. The molecule has 4 nitrogen and oxygen atoms in total. The number of carbonyl (C=O) groups is 1. The number of ether oxygens (including phenoxy) is 1. The molecule has 2 aromatic carbocycles. The number of anilines is 1. The van der Waals surface area contributed by atoms with Crippen LogP contribution in [0.25, 0.3) is 6.08 Å². The van der Waals surface area contributed by atoms with E-state index in [1.165, 1.54) is 39.2 Å². The Labute approximate surface area is 176 Å². The van der Waals surface area contributed by atoms with Crippen molar-refractivity contribution in [2.24, 2.45) is 0 Å². The van der Waals surface area contributed by atoms with Crippen LogP contribution in [0.4, 0.5) is 5.69 Å². The van der Waals surface area contributed by atoms with Gasteiger partial charge in [0, 0.05) is 30.6 Å². The summed E-state index contributed by atoms with van der Waals surface area (Å²) in [6.07, 6.45) is 4.88. The molecule has 1 saturated heterocycles. The molecule has 2 unspecified atom stereocenters. The number of nitrogens with zero attached hydrogens (tertiary/aromatic N) is 1. The Morgan fingerprint density at radius 3 is 2.67 bits per heavy atom. The molecular formula is C26H24N2O2. The molecule has 6 rings (SSSR count). The van der Waals surface area contributed by atoms with E-state index < -0.39 is 0 Å². The highest BCUT2D eigenvalue weighted by molar-refractivity contribution is 5.93. The lowest BCUT2D eigenvalue weighted by Gasteiger charge is -2.38. The summed E-state index contributed by atoms with van der Waals surface area (Å²) in [6.45, 7) is 4.90. The van der Waals surface area contributed by atoms with Crippen LogP contribution in [-0.2, 0) is 16.0 Å². The third-order valence-corrected chi connectivity index (χ3v) is 6.79. The van der Waals surface area contributed by atoms with Crippen molar-refractivity contribution in [1.82, 2.24) is 5.32 Å². The topological polar surface area (TPSA) is 41.6 Å². The van der Waals surface area contributed by atoms with E-state index in [0.29, 0.717) is 6.54 Å². The van der Waals surface area contributed by atoms with Crippen LogP contribution in [0.5, 0.6) is 0 Å². The SMILES string of the molecule is CC1O[C@@H](C)C2C(=Cc3ccccc32)C2=C(C3=CC(=O)NC3)Cc3ccccc3N21. The Hall–Kier alpha value is -3.11. The van der Waals surface area contributed by atoms with E-state index in [4.69, 9.17) is 4.74 Å². The van der Waals surface area contributed by atoms with Crippen LogP contribution in [0.1, 0.15) is 36.5 Å². The highest BCUT2D eigenvalue weighted by Crippen LogP contribution is 2.51. The molecule has 3 atom stereocenters. The van der Waals surface area contributed by atoms with E-state index in [1.807, 2.05) is 0 Å². The lowest BCUT2D eigenvalue weighted by Crippen LogP contribution is -2.38. The second kappa shape index (κ2) is 6.44. The second-order valence-corrected chi connectivity index (χ2v) is 8.54. The van der Waals surface area contributed by atoms with Gasteiger partial charge in [-0.3, -0.25) is 4.79 Å². The summed E-state index contributed by atoms with van der Waals surface area (Å²) in [5, 5.41) is 2.96. The van der Waals surface area contributed by atoms with E-state index >= 15 is 0 Å². The molecule has 0 saturated carbocycles. The molecule has 1 fully saturated rings. The van der Waals surface area contributed by atoms with Crippen molar-refractivity contribution in [1.29, 1.82) is 0 Å². The highest BCUT2D eigenvalue weighted by atomic mass is 16.5. The fourth-order valence-corrected chi connectivity index (χ4v) is 5.55. The first-order valence-corrected chi connectivity index (χ1v) is 10.7. The molecule has 1 amide bonds. The third kappa shape index (κ3) is 2.47. The predicted molar refractivity (Wildman–Crippen MR) is 118 cm³/mol. The zero-order chi connectivity index (χ0) is 20.4. The smallest absolute Gasteiger partial charge is 0.244 e. The Bertz CT molecular complexity index is 1170. The molecule has 1 aliphatic carbocycles. The van der Waals surface area contributed by atoms with Gasteiger partial charge in [0.05, 0.1) is 11.8 Å². The van der Waals surface area contributed by atoms with E-state index in [1.54, 1.807) is 6.08 Å². The van der Waals surface area contributed by atoms with Gasteiger partial charge in [0.2, 0.25) is 5.91 Å². The lowest BCUT2D eigenvalue weighted by atomic mass is 9.83. The number of fused-ring (bicyclic) bond motifs is 7. The van der Waals surface area contributed by atoms with Gasteiger partial charge in [-0.1, -0.05) is 42.5 Å². The lowest BCUT2D eigenvalue weighted by molar-refractivity contribution is -0.115. The number of para-hydroxylation sites is 1. The Kier molecular flexibility index (Phi) is 3.81. The number of allylic oxidation sites excluding steroid dienone is 1. The summed E-state index contributed by atoms with van der Waals surface area (Å²) >= 11 is 0. The van der Waals surface area contributed by atoms with Gasteiger partial charge in [-0.15, -0.1) is 0 Å². The van der Waals surface area contributed by atoms with Gasteiger partial charge in [0.1, 0.15) is 6.23 Å². The van der Waals surface area contributed by atoms with Crippen LogP contribution >= 0.6 is 0 Å². The molecular weight excluding hydrogens is 372 g/mol. The van der Waals surface area contributed by atoms with Crippen LogP contribution in [0.15, 0.2) is 77.0 Å². The molecule has 3 heterocycles. The predicted octanol–water partition coefficient (Wildman–Crippen LogP) is 4.30. The number of amides is 1. The summed E-state index contributed by atoms with van der Waals surface area (Å²) in [6, 6.07) is 17.2. The molecule has 4 aliphatic rings. The van der Waals surface area contributed by atoms with Gasteiger partial charge >= 0.3 is 0 Å². The van der Waals surface area contributed by atoms with Crippen molar-refractivity contribution in [2.45, 2.75) is 38.5 Å². The molecule has 3 aliphatic heterocycles. The van der Waals surface area contributed by atoms with Gasteiger partial charge in [-0.2, -0.15) is 0 Å². The second-order valence-electron chi connectivity index (χ2n) is 8.54. The highest BCUT2D eigenvalue weighted by Gasteiger charge is 2.43. The first-order valence-electron chi connectivity index (χ1n) is 10.7. The van der Waals surface area contributed by atoms with E-state index in [0.717, 1.165) is 12.0 Å². The Morgan fingerprint density at radius 1 is 1.03 bits per heavy atom. The van der Waals surface area contributed by atoms with Crippen molar-refractivity contribution in [2.75, 3.05) is 11.4 Å². The van der Waals surface area contributed by atoms with Gasteiger partial charge in [-0.25, -0.2) is 0 Å². The van der Waals surface area contributed by atoms with Crippen molar-refractivity contribution >= 4 is 17.7 Å². The first kappa shape index (κ1) is 17.7. The monoisotopic (exact) mass is 396 g/mol. The minimum Gasteiger partial charge on any atom is -0.354 e. The average molecular weight is 396 g/mol. The van der Waals surface area contributed by atoms with E-state index in [9.17, 15) is 4.79 Å². The van der Waals surface area contributed by atoms with Crippen molar-refractivity contribution in [3.63, 3.8) is 0 Å². The summed E-state index contributed by atoms with van der Waals surface area (Å²) in [5.41, 5.74) is 9.91. The summed E-state index contributed by atoms with van der Waals surface area (Å²) < 4.78 is 6.59. The fraction of sp³-hybridized carbons (Fsp3) is 0.269. The van der Waals surface area contributed by atoms with Gasteiger partial charge in [-0.05, 0) is 59.4 Å². The molecule has 0 aromatic heterocycles. The maximum Gasteiger partial charge on any atom is 0.244 e. The maximum absolute atomic E-state index is 12.0. The number of hydrogen-bond donors (Lipinski definition) is 1. The van der Waals surface area contributed by atoms with Crippen LogP contribution in [0.2, 0.25) is 0 Å². The van der Waals surface area contributed by atoms with Crippen LogP contribution in [0, 0.1) is 0 Å². The van der Waals surface area contributed by atoms with Crippen molar-refractivity contribution < 1.29 is 9.53 Å². The minimum absolute atomic E-state index is 0.00460. The van der Waals surface area contributed by atoms with Gasteiger partial charge in [0.25, 0.3) is 0 Å². The number of benzene rings is 2. The largest absolute Gasteiger partial charge is 0.354 e. The number of hydrogen-bond acceptors (Lipinski definition) is 3. The number of rotatable bonds is 1. The number of carbonyl (C=O) groups excluding carboxylic acids is 1. The molecule has 0 spiro atoms. The molecule has 150 valence electrons. The van der Waals surface area contributed by atoms with Crippen molar-refractivity contribution in [3.8, 4) is 0 Å². The average Bonchev–Trinajstić information content (AvgIpc) is 3.33. The first-order chi connectivity index (χ1) is 14.6. The zero-order valence-corrected chi connectivity index (χ0v) is 17.2. The molecule has 30 heavy (non-hydrogen) atoms. The van der Waals surface area contributed by atoms with Crippen LogP contribution < -0.4 is 10.2 Å². The van der Waals surface area contributed by atoms with Gasteiger partial charge < -0.3 is 15.0 Å². The van der Waals surface area contributed by atoms with Gasteiger partial charge in [0.15, 0.2) is 0 Å². The maximum atomic E-state index is 12.0.